The summed E-state index contributed by atoms with van der Waals surface area (Å²) in [4.78, 5) is 94.0. The van der Waals surface area contributed by atoms with Crippen LogP contribution in [0.2, 0.25) is 0 Å². The number of nitrogens with one attached hydrogen (secondary N) is 3. The van der Waals surface area contributed by atoms with Crippen molar-refractivity contribution in [1.82, 2.24) is 30.7 Å². The van der Waals surface area contributed by atoms with Gasteiger partial charge in [-0.3, -0.25) is 33.8 Å². The predicted molar refractivity (Wildman–Crippen MR) is 170 cm³/mol. The smallest absolute Gasteiger partial charge is 0.352 e. The maximum Gasteiger partial charge on any atom is 0.352 e. The van der Waals surface area contributed by atoms with E-state index in [2.05, 4.69) is 16.0 Å². The summed E-state index contributed by atoms with van der Waals surface area (Å²) in [6.45, 7) is 1.74. The number of carboxylic acids is 1. The van der Waals surface area contributed by atoms with Crippen molar-refractivity contribution in [2.45, 2.75) is 28.9 Å². The van der Waals surface area contributed by atoms with Crippen molar-refractivity contribution in [2.24, 2.45) is 0 Å². The number of fused-ring (bicyclic) bond motifs is 1. The average Bonchev–Trinajstić information content (AvgIpc) is 3.08. The van der Waals surface area contributed by atoms with Gasteiger partial charge in [-0.25, -0.2) is 15.4 Å². The number of hydrogen-bond acceptors (Lipinski definition) is 12. The first-order valence-electron chi connectivity index (χ1n) is 14.6. The number of imide groups is 1. The van der Waals surface area contributed by atoms with Crippen molar-refractivity contribution < 1.29 is 77.5 Å². The van der Waals surface area contributed by atoms with Gasteiger partial charge >= 0.3 is 23.8 Å². The fraction of sp³-hybridized carbons (Fsp3) is 0.310. The van der Waals surface area contributed by atoms with Crippen LogP contribution in [0.5, 0.6) is 11.5 Å². The second-order valence-electron chi connectivity index (χ2n) is 10.9. The number of carbonyl (C=O) groups excluding carboxylic acids is 6. The summed E-state index contributed by atoms with van der Waals surface area (Å²) in [5.41, 5.74) is -2.18. The maximum absolute atomic E-state index is 13.9. The van der Waals surface area contributed by atoms with Crippen molar-refractivity contribution in [3.05, 3.63) is 59.6 Å². The molecule has 5 rings (SSSR count). The fourth-order valence-electron chi connectivity index (χ4n) is 5.46. The van der Waals surface area contributed by atoms with Crippen LogP contribution >= 0.6 is 23.5 Å². The lowest BCUT2D eigenvalue weighted by molar-refractivity contribution is -0.639. The lowest BCUT2D eigenvalue weighted by Crippen LogP contribution is -3.00. The average molecular weight is 843 g/mol. The van der Waals surface area contributed by atoms with E-state index < -0.39 is 64.2 Å². The van der Waals surface area contributed by atoms with Crippen LogP contribution in [-0.4, -0.2) is 114 Å². The number of nitrogens with zero attached hydrogens (tertiary/aromatic N) is 4. The van der Waals surface area contributed by atoms with Crippen LogP contribution in [0.4, 0.5) is 4.79 Å². The van der Waals surface area contributed by atoms with E-state index in [-0.39, 0.29) is 72.8 Å². The number of carbonyl (C=O) groups is 7. The molecule has 7 amide bonds. The molecule has 50 heavy (non-hydrogen) atoms. The van der Waals surface area contributed by atoms with Gasteiger partial charge in [0, 0.05) is 48.2 Å². The number of aliphatic carboxylic acids is 1. The van der Waals surface area contributed by atoms with Crippen LogP contribution in [0, 0.1) is 0 Å². The molecule has 18 nitrogen and oxygen atoms in total. The number of piperazine rings is 1. The third-order valence-corrected chi connectivity index (χ3v) is 10.5. The molecule has 2 aromatic rings. The van der Waals surface area contributed by atoms with E-state index in [0.717, 1.165) is 33.7 Å². The Morgan fingerprint density at radius 2 is 1.82 bits per heavy atom. The van der Waals surface area contributed by atoms with Gasteiger partial charge in [-0.1, -0.05) is 10.7 Å². The van der Waals surface area contributed by atoms with E-state index in [1.165, 1.54) is 27.4 Å². The number of carboxylic acid groups (broad SMARTS) is 1. The molecule has 0 spiro atoms. The molecule has 266 valence electrons. The molecule has 4 heterocycles. The Labute approximate surface area is 309 Å². The zero-order valence-corrected chi connectivity index (χ0v) is 29.9. The Morgan fingerprint density at radius 1 is 1.12 bits per heavy atom. The largest absolute Gasteiger partial charge is 1.00 e. The quantitative estimate of drug-likeness (QED) is 0.0129. The summed E-state index contributed by atoms with van der Waals surface area (Å²) in [6, 6.07) is 3.73. The van der Waals surface area contributed by atoms with Gasteiger partial charge in [-0.15, -0.1) is 23.5 Å². The number of thioether (sulfide) groups is 2. The first kappa shape index (κ1) is 38.0. The number of amides is 7. The van der Waals surface area contributed by atoms with Crippen LogP contribution in [0.15, 0.2) is 58.9 Å². The van der Waals surface area contributed by atoms with Gasteiger partial charge in [0.15, 0.2) is 23.9 Å². The zero-order chi connectivity index (χ0) is 35.6. The number of benzene rings is 1. The second-order valence-corrected chi connectivity index (χ2v) is 13.0. The predicted octanol–water partition coefficient (Wildman–Crippen LogP) is -4.85. The van der Waals surface area contributed by atoms with Gasteiger partial charge in [-0.05, 0) is 30.2 Å². The third kappa shape index (κ3) is 7.10. The number of β-lactam (4-membered cyclic amide) rings is 1. The molecule has 0 radical (unpaired) electrons. The summed E-state index contributed by atoms with van der Waals surface area (Å²) in [7, 11) is 0. The molecule has 3 aliphatic rings. The number of aromatic nitrogens is 1. The van der Waals surface area contributed by atoms with Gasteiger partial charge < -0.3 is 60.1 Å². The van der Waals surface area contributed by atoms with E-state index >= 15 is 0 Å². The van der Waals surface area contributed by atoms with Crippen molar-refractivity contribution in [1.29, 1.82) is 0 Å². The van der Waals surface area contributed by atoms with Crippen molar-refractivity contribution in [3.63, 3.8) is 0 Å². The Hall–Kier alpha value is -4.77. The van der Waals surface area contributed by atoms with E-state index in [9.17, 15) is 48.9 Å². The number of aromatic hydroxyl groups is 2. The Kier molecular flexibility index (Phi) is 11.7. The van der Waals surface area contributed by atoms with E-state index in [4.69, 9.17) is 5.84 Å². The first-order chi connectivity index (χ1) is 23.3. The number of urea groups is 1. The Bertz CT molecular complexity index is 1780. The van der Waals surface area contributed by atoms with Crippen molar-refractivity contribution in [3.8, 4) is 11.5 Å². The number of likely N-dealkylation sites (N-methyl/N-ethyl adjacent to an activating group) is 1. The molecule has 3 atom stereocenters. The highest BCUT2D eigenvalue weighted by Crippen LogP contribution is 2.46. The number of nitrogens with two attached hydrogens (primary N) is 1. The highest BCUT2D eigenvalue weighted by atomic mass is 127. The molecule has 1 aromatic heterocycles. The number of phenols is 2. The molecule has 0 bridgehead atoms. The van der Waals surface area contributed by atoms with Crippen LogP contribution < -0.4 is 50.4 Å². The molecule has 0 unspecified atom stereocenters. The van der Waals surface area contributed by atoms with Gasteiger partial charge in [0.25, 0.3) is 5.91 Å². The first-order valence-corrected chi connectivity index (χ1v) is 16.6. The second kappa shape index (κ2) is 15.4. The lowest BCUT2D eigenvalue weighted by Gasteiger charge is -2.56. The van der Waals surface area contributed by atoms with E-state index in [0.29, 0.717) is 10.5 Å². The van der Waals surface area contributed by atoms with Gasteiger partial charge in [0.05, 0.1) is 0 Å². The third-order valence-electron chi connectivity index (χ3n) is 8.00. The Morgan fingerprint density at radius 3 is 2.44 bits per heavy atom. The highest BCUT2D eigenvalue weighted by Gasteiger charge is 2.66. The monoisotopic (exact) mass is 842 g/mol. The SMILES string of the molecule is CCN1CCN(C(=O)N[C@@H](C(=O)N[C@]2(NC=O)C(=O)N3C(C(=O)O)=C(CSc4cc[n+](N)cc4)CS[C@@H]32)c2ccc(O)c(O)c2)C(=O)C1=O.[I-]. The number of halogens is 1. The maximum atomic E-state index is 13.9. The summed E-state index contributed by atoms with van der Waals surface area (Å²) < 4.78 is 1.34. The van der Waals surface area contributed by atoms with Crippen molar-refractivity contribution >= 4 is 65.6 Å². The molecule has 0 saturated carbocycles. The van der Waals surface area contributed by atoms with Crippen LogP contribution in [0.3, 0.4) is 0 Å². The fourth-order valence-corrected chi connectivity index (χ4v) is 7.91. The topological polar surface area (TPSA) is 256 Å². The minimum atomic E-state index is -2.17. The van der Waals surface area contributed by atoms with Gasteiger partial charge in [0.2, 0.25) is 18.0 Å². The van der Waals surface area contributed by atoms with E-state index in [1.54, 1.807) is 31.5 Å². The number of nitrogen functional groups attached to an aromatic ring is 1. The zero-order valence-electron chi connectivity index (χ0n) is 26.1. The molecule has 3 aliphatic heterocycles. The molecule has 1 aromatic carbocycles. The summed E-state index contributed by atoms with van der Waals surface area (Å²) in [5, 5.41) is 36.0. The molecule has 0 aliphatic carbocycles. The van der Waals surface area contributed by atoms with Crippen LogP contribution in [0.1, 0.15) is 18.5 Å². The molecule has 2 saturated heterocycles. The summed E-state index contributed by atoms with van der Waals surface area (Å²) in [6.07, 6.45) is 3.38. The minimum Gasteiger partial charge on any atom is -1.00 e. The van der Waals surface area contributed by atoms with Crippen LogP contribution in [-0.2, 0) is 28.8 Å². The normalized spacial score (nSPS) is 20.6. The van der Waals surface area contributed by atoms with E-state index in [1.807, 2.05) is 0 Å². The van der Waals surface area contributed by atoms with Gasteiger partial charge in [-0.2, -0.15) is 0 Å². The standard InChI is InChI=1S/C29H30N8O10S2.HI/c1-2-34-9-10-36(24(43)23(34)42)28(47)32-20(15-3-4-18(39)19(40)11-15)22(41)33-29(31-14-38)26(46)37-21(25(44)45)16(13-49-27(29)37)12-48-17-5-7-35(30)8-6-17;/h3-8,11,14,20,27H,2,9-10,12-13,30H2,1H3,(H5-,31,32,33,38,39,40,41,42,43,44,45,47);1H/t20-,27-,29-;/m1./s1. The summed E-state index contributed by atoms with van der Waals surface area (Å²) >= 11 is 2.39. The highest BCUT2D eigenvalue weighted by molar-refractivity contribution is 8.01. The molecule has 21 heteroatoms. The number of pyridine rings is 1. The number of hydrogen-bond donors (Lipinski definition) is 7. The van der Waals surface area contributed by atoms with Crippen molar-refractivity contribution in [2.75, 3.05) is 37.0 Å². The molecule has 2 fully saturated rings. The van der Waals surface area contributed by atoms with Gasteiger partial charge in [0.1, 0.15) is 17.1 Å². The van der Waals surface area contributed by atoms with Crippen LogP contribution in [0.25, 0.3) is 0 Å². The lowest BCUT2D eigenvalue weighted by atomic mass is 9.94. The molecular weight excluding hydrogens is 811 g/mol. The molecule has 8 N–H and O–H groups in total. The Balaban J connectivity index is 0.00000562. The number of rotatable bonds is 11. The molecular formula is C29H31IN8O10S2. The number of phenolic OH excluding ortho intramolecular Hbond substituents is 2. The summed E-state index contributed by atoms with van der Waals surface area (Å²) in [5.74, 6) is -0.824. The minimum absolute atomic E-state index is 0.